The van der Waals surface area contributed by atoms with Gasteiger partial charge >= 0.3 is 0 Å². The third-order valence-corrected chi connectivity index (χ3v) is 3.95. The molecule has 1 heterocycles. The molecule has 6 nitrogen and oxygen atoms in total. The summed E-state index contributed by atoms with van der Waals surface area (Å²) < 4.78 is 16.4. The van der Waals surface area contributed by atoms with Crippen molar-refractivity contribution in [1.82, 2.24) is 15.0 Å². The summed E-state index contributed by atoms with van der Waals surface area (Å²) in [5.74, 6) is 2.67. The van der Waals surface area contributed by atoms with Crippen molar-refractivity contribution in [3.05, 3.63) is 60.0 Å². The van der Waals surface area contributed by atoms with Crippen molar-refractivity contribution in [2.45, 2.75) is 13.5 Å². The van der Waals surface area contributed by atoms with Crippen LogP contribution in [0.4, 0.5) is 0 Å². The predicted octanol–water partition coefficient (Wildman–Crippen LogP) is 3.56. The van der Waals surface area contributed by atoms with E-state index in [9.17, 15) is 0 Å². The van der Waals surface area contributed by atoms with E-state index in [1.165, 1.54) is 5.56 Å². The summed E-state index contributed by atoms with van der Waals surface area (Å²) in [6, 6.07) is 15.7. The summed E-state index contributed by atoms with van der Waals surface area (Å²) in [5, 5.41) is 4.07. The molecular weight excluding hydrogens is 330 g/mol. The van der Waals surface area contributed by atoms with Crippen LogP contribution in [-0.4, -0.2) is 42.3 Å². The Morgan fingerprint density at radius 3 is 2.65 bits per heavy atom. The second-order valence-electron chi connectivity index (χ2n) is 6.12. The second kappa shape index (κ2) is 8.49. The minimum absolute atomic E-state index is 0.537. The number of methoxy groups -OCH3 is 1. The minimum atomic E-state index is 0.537. The van der Waals surface area contributed by atoms with Crippen LogP contribution in [0.1, 0.15) is 11.5 Å². The summed E-state index contributed by atoms with van der Waals surface area (Å²) >= 11 is 0. The Kier molecular flexibility index (Phi) is 5.86. The molecule has 0 radical (unpaired) electrons. The molecule has 26 heavy (non-hydrogen) atoms. The van der Waals surface area contributed by atoms with Gasteiger partial charge in [0.05, 0.1) is 13.7 Å². The van der Waals surface area contributed by atoms with Crippen molar-refractivity contribution in [3.63, 3.8) is 0 Å². The topological polar surface area (TPSA) is 60.6 Å². The first-order valence-corrected chi connectivity index (χ1v) is 8.49. The molecule has 0 N–H and O–H groups in total. The fraction of sp³-hybridized carbons (Fsp3) is 0.300. The largest absolute Gasteiger partial charge is 0.493 e. The Hall–Kier alpha value is -2.86. The molecule has 1 aromatic heterocycles. The van der Waals surface area contributed by atoms with Crippen LogP contribution in [0.5, 0.6) is 11.5 Å². The average molecular weight is 353 g/mol. The molecule has 0 aliphatic rings. The first kappa shape index (κ1) is 17.9. The van der Waals surface area contributed by atoms with E-state index in [0.29, 0.717) is 24.9 Å². The van der Waals surface area contributed by atoms with E-state index in [1.54, 1.807) is 7.11 Å². The first-order chi connectivity index (χ1) is 12.7. The van der Waals surface area contributed by atoms with Gasteiger partial charge in [-0.3, -0.25) is 4.90 Å². The van der Waals surface area contributed by atoms with Gasteiger partial charge in [0.15, 0.2) is 11.5 Å². The van der Waals surface area contributed by atoms with Crippen LogP contribution < -0.4 is 9.47 Å². The quantitative estimate of drug-likeness (QED) is 0.617. The predicted molar refractivity (Wildman–Crippen MR) is 99.3 cm³/mol. The molecule has 0 bridgehead atoms. The molecule has 0 spiro atoms. The molecule has 136 valence electrons. The number of hydrogen-bond acceptors (Lipinski definition) is 6. The van der Waals surface area contributed by atoms with Crippen molar-refractivity contribution in [1.29, 1.82) is 0 Å². The number of nitrogens with zero attached hydrogens (tertiary/aromatic N) is 3. The molecule has 0 fully saturated rings. The zero-order valence-corrected chi connectivity index (χ0v) is 15.3. The maximum Gasteiger partial charge on any atom is 0.241 e. The van der Waals surface area contributed by atoms with E-state index in [4.69, 9.17) is 14.0 Å². The maximum atomic E-state index is 5.79. The zero-order chi connectivity index (χ0) is 18.4. The van der Waals surface area contributed by atoms with Gasteiger partial charge in [0.25, 0.3) is 0 Å². The summed E-state index contributed by atoms with van der Waals surface area (Å²) in [5.41, 5.74) is 2.13. The number of hydrogen-bond donors (Lipinski definition) is 0. The molecule has 2 aromatic carbocycles. The maximum absolute atomic E-state index is 5.79. The fourth-order valence-corrected chi connectivity index (χ4v) is 2.58. The van der Waals surface area contributed by atoms with Crippen LogP contribution in [0.15, 0.2) is 53.1 Å². The number of likely N-dealkylation sites (N-methyl/N-ethyl adjacent to an activating group) is 1. The Labute approximate surface area is 153 Å². The van der Waals surface area contributed by atoms with Crippen molar-refractivity contribution >= 4 is 0 Å². The number of aryl methyl sites for hydroxylation is 1. The van der Waals surface area contributed by atoms with Crippen LogP contribution >= 0.6 is 0 Å². The summed E-state index contributed by atoms with van der Waals surface area (Å²) in [6.45, 7) is 3.87. The van der Waals surface area contributed by atoms with Gasteiger partial charge in [0.2, 0.25) is 11.7 Å². The highest BCUT2D eigenvalue weighted by molar-refractivity contribution is 5.55. The molecule has 3 aromatic rings. The lowest BCUT2D eigenvalue weighted by Gasteiger charge is -2.15. The Morgan fingerprint density at radius 2 is 1.88 bits per heavy atom. The highest BCUT2D eigenvalue weighted by Crippen LogP contribution is 2.25. The number of benzene rings is 2. The number of rotatable bonds is 8. The normalized spacial score (nSPS) is 10.9. The molecular formula is C20H23N3O3. The van der Waals surface area contributed by atoms with E-state index >= 15 is 0 Å². The van der Waals surface area contributed by atoms with E-state index in [1.807, 2.05) is 62.5 Å². The lowest BCUT2D eigenvalue weighted by Crippen LogP contribution is -2.24. The van der Waals surface area contributed by atoms with Crippen LogP contribution in [-0.2, 0) is 6.54 Å². The van der Waals surface area contributed by atoms with Crippen molar-refractivity contribution in [2.24, 2.45) is 0 Å². The third kappa shape index (κ3) is 4.61. The minimum Gasteiger partial charge on any atom is -0.493 e. The molecule has 0 saturated carbocycles. The molecule has 0 amide bonds. The number of aromatic nitrogens is 2. The second-order valence-corrected chi connectivity index (χ2v) is 6.12. The lowest BCUT2D eigenvalue weighted by molar-refractivity contribution is 0.208. The Balaban J connectivity index is 1.51. The van der Waals surface area contributed by atoms with Crippen molar-refractivity contribution in [2.75, 3.05) is 27.3 Å². The number of para-hydroxylation sites is 2. The lowest BCUT2D eigenvalue weighted by atomic mass is 10.1. The van der Waals surface area contributed by atoms with E-state index in [2.05, 4.69) is 15.0 Å². The van der Waals surface area contributed by atoms with Gasteiger partial charge in [-0.05, 0) is 32.2 Å². The van der Waals surface area contributed by atoms with Gasteiger partial charge in [-0.25, -0.2) is 0 Å². The van der Waals surface area contributed by atoms with E-state index in [0.717, 1.165) is 23.6 Å². The van der Waals surface area contributed by atoms with Gasteiger partial charge in [0, 0.05) is 12.1 Å². The average Bonchev–Trinajstić information content (AvgIpc) is 3.10. The van der Waals surface area contributed by atoms with Crippen molar-refractivity contribution < 1.29 is 14.0 Å². The fourth-order valence-electron chi connectivity index (χ4n) is 2.58. The van der Waals surface area contributed by atoms with Crippen LogP contribution in [0.2, 0.25) is 0 Å². The molecule has 0 saturated heterocycles. The summed E-state index contributed by atoms with van der Waals surface area (Å²) in [4.78, 5) is 6.55. The highest BCUT2D eigenvalue weighted by Gasteiger charge is 2.11. The molecule has 0 aliphatic heterocycles. The Bertz CT molecular complexity index is 848. The van der Waals surface area contributed by atoms with Gasteiger partial charge in [-0.15, -0.1) is 0 Å². The molecule has 0 atom stereocenters. The molecule has 6 heteroatoms. The van der Waals surface area contributed by atoms with Crippen LogP contribution in [0.25, 0.3) is 11.4 Å². The van der Waals surface area contributed by atoms with Crippen LogP contribution in [0, 0.1) is 6.92 Å². The van der Waals surface area contributed by atoms with Gasteiger partial charge < -0.3 is 14.0 Å². The molecule has 0 unspecified atom stereocenters. The highest BCUT2D eigenvalue weighted by atomic mass is 16.5. The Morgan fingerprint density at radius 1 is 1.08 bits per heavy atom. The summed E-state index contributed by atoms with van der Waals surface area (Å²) in [6.07, 6.45) is 0. The van der Waals surface area contributed by atoms with E-state index < -0.39 is 0 Å². The van der Waals surface area contributed by atoms with E-state index in [-0.39, 0.29) is 0 Å². The molecule has 0 aliphatic carbocycles. The molecule has 3 rings (SSSR count). The van der Waals surface area contributed by atoms with Gasteiger partial charge in [-0.1, -0.05) is 41.1 Å². The van der Waals surface area contributed by atoms with Crippen LogP contribution in [0.3, 0.4) is 0 Å². The standard InChI is InChI=1S/C20H23N3O3/c1-15-7-6-8-16(13-15)20-21-19(26-22-20)14-23(2)11-12-25-18-10-5-4-9-17(18)24-3/h4-10,13H,11-12,14H2,1-3H3. The smallest absolute Gasteiger partial charge is 0.241 e. The first-order valence-electron chi connectivity index (χ1n) is 8.49. The zero-order valence-electron chi connectivity index (χ0n) is 15.3. The van der Waals surface area contributed by atoms with Gasteiger partial charge in [-0.2, -0.15) is 4.98 Å². The third-order valence-electron chi connectivity index (χ3n) is 3.95. The van der Waals surface area contributed by atoms with Crippen molar-refractivity contribution in [3.8, 4) is 22.9 Å². The van der Waals surface area contributed by atoms with Gasteiger partial charge in [0.1, 0.15) is 6.61 Å². The summed E-state index contributed by atoms with van der Waals surface area (Å²) in [7, 11) is 3.62. The number of ether oxygens (including phenoxy) is 2. The monoisotopic (exact) mass is 353 g/mol. The SMILES string of the molecule is COc1ccccc1OCCN(C)Cc1nc(-c2cccc(C)c2)no1.